The van der Waals surface area contributed by atoms with Crippen LogP contribution in [-0.2, 0) is 4.74 Å². The highest BCUT2D eigenvalue weighted by atomic mass is 35.5. The standard InChI is InChI=1S/C14H9Cl2FO2/c1-19-14(18)10-4-2-8(6-13(10)17)11-7-9(15)3-5-12(11)16/h2-7H,1H3. The number of rotatable bonds is 2. The highest BCUT2D eigenvalue weighted by Gasteiger charge is 2.14. The number of hydrogen-bond acceptors (Lipinski definition) is 2. The van der Waals surface area contributed by atoms with Crippen LogP contribution in [0.3, 0.4) is 0 Å². The minimum absolute atomic E-state index is 0.121. The van der Waals surface area contributed by atoms with Gasteiger partial charge < -0.3 is 4.74 Å². The van der Waals surface area contributed by atoms with Crippen LogP contribution >= 0.6 is 23.2 Å². The largest absolute Gasteiger partial charge is 0.465 e. The molecule has 0 unspecified atom stereocenters. The number of methoxy groups -OCH3 is 1. The summed E-state index contributed by atoms with van der Waals surface area (Å²) < 4.78 is 18.3. The van der Waals surface area contributed by atoms with E-state index in [2.05, 4.69) is 4.74 Å². The second kappa shape index (κ2) is 5.59. The van der Waals surface area contributed by atoms with Gasteiger partial charge in [-0.3, -0.25) is 0 Å². The van der Waals surface area contributed by atoms with Gasteiger partial charge in [-0.2, -0.15) is 0 Å². The highest BCUT2D eigenvalue weighted by molar-refractivity contribution is 6.35. The van der Waals surface area contributed by atoms with Gasteiger partial charge in [0.25, 0.3) is 0 Å². The molecule has 0 aliphatic heterocycles. The fourth-order valence-corrected chi connectivity index (χ4v) is 2.08. The summed E-state index contributed by atoms with van der Waals surface area (Å²) in [5.41, 5.74) is 1.02. The van der Waals surface area contributed by atoms with E-state index in [1.165, 1.54) is 19.2 Å². The third-order valence-electron chi connectivity index (χ3n) is 2.61. The maximum absolute atomic E-state index is 13.8. The van der Waals surface area contributed by atoms with Gasteiger partial charge in [-0.25, -0.2) is 9.18 Å². The first-order valence-corrected chi connectivity index (χ1v) is 6.12. The van der Waals surface area contributed by atoms with Crippen LogP contribution in [0.4, 0.5) is 4.39 Å². The molecule has 0 aliphatic carbocycles. The molecule has 98 valence electrons. The number of carbonyl (C=O) groups excluding carboxylic acids is 1. The molecule has 0 amide bonds. The van der Waals surface area contributed by atoms with Crippen molar-refractivity contribution in [2.75, 3.05) is 7.11 Å². The first-order valence-electron chi connectivity index (χ1n) is 5.36. The molecule has 0 N–H and O–H groups in total. The third-order valence-corrected chi connectivity index (χ3v) is 3.18. The average Bonchev–Trinajstić information content (AvgIpc) is 2.40. The number of hydrogen-bond donors (Lipinski definition) is 0. The number of benzene rings is 2. The van der Waals surface area contributed by atoms with E-state index in [4.69, 9.17) is 23.2 Å². The van der Waals surface area contributed by atoms with Crippen LogP contribution in [0.5, 0.6) is 0 Å². The SMILES string of the molecule is COC(=O)c1ccc(-c2cc(Cl)ccc2Cl)cc1F. The maximum Gasteiger partial charge on any atom is 0.340 e. The molecule has 0 heterocycles. The van der Waals surface area contributed by atoms with Crippen LogP contribution in [0.25, 0.3) is 11.1 Å². The third kappa shape index (κ3) is 2.88. The van der Waals surface area contributed by atoms with Crippen molar-refractivity contribution in [3.8, 4) is 11.1 Å². The van der Waals surface area contributed by atoms with E-state index in [0.717, 1.165) is 0 Å². The molecule has 2 nitrogen and oxygen atoms in total. The topological polar surface area (TPSA) is 26.3 Å². The van der Waals surface area contributed by atoms with Crippen LogP contribution in [0.1, 0.15) is 10.4 Å². The molecule has 2 aromatic carbocycles. The average molecular weight is 299 g/mol. The lowest BCUT2D eigenvalue weighted by Crippen LogP contribution is -2.04. The molecular weight excluding hydrogens is 290 g/mol. The number of halogens is 3. The van der Waals surface area contributed by atoms with Gasteiger partial charge in [0.1, 0.15) is 5.82 Å². The van der Waals surface area contributed by atoms with Gasteiger partial charge in [-0.05, 0) is 35.9 Å². The summed E-state index contributed by atoms with van der Waals surface area (Å²) in [7, 11) is 1.20. The molecule has 0 saturated heterocycles. The molecule has 0 radical (unpaired) electrons. The molecule has 0 aliphatic rings. The Kier molecular flexibility index (Phi) is 4.08. The zero-order valence-electron chi connectivity index (χ0n) is 9.91. The summed E-state index contributed by atoms with van der Waals surface area (Å²) in [6, 6.07) is 9.08. The van der Waals surface area contributed by atoms with E-state index in [9.17, 15) is 9.18 Å². The Morgan fingerprint density at radius 1 is 1.16 bits per heavy atom. The summed E-state index contributed by atoms with van der Waals surface area (Å²) in [6.07, 6.45) is 0. The minimum atomic E-state index is -0.721. The molecule has 19 heavy (non-hydrogen) atoms. The lowest BCUT2D eigenvalue weighted by molar-refractivity contribution is 0.0595. The summed E-state index contributed by atoms with van der Waals surface area (Å²) in [4.78, 5) is 11.3. The zero-order chi connectivity index (χ0) is 14.0. The Morgan fingerprint density at radius 3 is 2.53 bits per heavy atom. The summed E-state index contributed by atoms with van der Waals surface area (Å²) in [5, 5.41) is 0.950. The van der Waals surface area contributed by atoms with Crippen molar-refractivity contribution in [2.45, 2.75) is 0 Å². The maximum atomic E-state index is 13.8. The van der Waals surface area contributed by atoms with Gasteiger partial charge in [0.15, 0.2) is 0 Å². The molecule has 0 spiro atoms. The van der Waals surface area contributed by atoms with Crippen LogP contribution in [0.2, 0.25) is 10.0 Å². The lowest BCUT2D eigenvalue weighted by atomic mass is 10.0. The monoisotopic (exact) mass is 298 g/mol. The Hall–Kier alpha value is -1.58. The smallest absolute Gasteiger partial charge is 0.340 e. The van der Waals surface area contributed by atoms with Crippen molar-refractivity contribution in [3.63, 3.8) is 0 Å². The predicted molar refractivity (Wildman–Crippen MR) is 73.2 cm³/mol. The first-order chi connectivity index (χ1) is 9.02. The normalized spacial score (nSPS) is 10.3. The lowest BCUT2D eigenvalue weighted by Gasteiger charge is -2.07. The van der Waals surface area contributed by atoms with Gasteiger partial charge >= 0.3 is 5.97 Å². The predicted octanol–water partition coefficient (Wildman–Crippen LogP) is 4.59. The van der Waals surface area contributed by atoms with Gasteiger partial charge in [0, 0.05) is 15.6 Å². The quantitative estimate of drug-likeness (QED) is 0.758. The molecule has 0 atom stereocenters. The van der Waals surface area contributed by atoms with Crippen molar-refractivity contribution in [2.24, 2.45) is 0 Å². The van der Waals surface area contributed by atoms with E-state index in [-0.39, 0.29) is 5.56 Å². The summed E-state index contributed by atoms with van der Waals surface area (Å²) in [5.74, 6) is -1.39. The second-order valence-corrected chi connectivity index (χ2v) is 4.65. The van der Waals surface area contributed by atoms with Crippen molar-refractivity contribution in [1.29, 1.82) is 0 Å². The Bertz CT molecular complexity index is 641. The molecular formula is C14H9Cl2FO2. The molecule has 2 rings (SSSR count). The van der Waals surface area contributed by atoms with E-state index >= 15 is 0 Å². The highest BCUT2D eigenvalue weighted by Crippen LogP contribution is 2.31. The van der Waals surface area contributed by atoms with Crippen LogP contribution in [0.15, 0.2) is 36.4 Å². The van der Waals surface area contributed by atoms with Crippen molar-refractivity contribution >= 4 is 29.2 Å². The minimum Gasteiger partial charge on any atom is -0.465 e. The van der Waals surface area contributed by atoms with E-state index in [0.29, 0.717) is 21.2 Å². The van der Waals surface area contributed by atoms with Crippen molar-refractivity contribution < 1.29 is 13.9 Å². The summed E-state index contributed by atoms with van der Waals surface area (Å²) >= 11 is 11.9. The number of ether oxygens (including phenoxy) is 1. The Balaban J connectivity index is 2.50. The summed E-state index contributed by atoms with van der Waals surface area (Å²) in [6.45, 7) is 0. The van der Waals surface area contributed by atoms with E-state index in [1.54, 1.807) is 24.3 Å². The first kappa shape index (κ1) is 13.8. The van der Waals surface area contributed by atoms with E-state index < -0.39 is 11.8 Å². The van der Waals surface area contributed by atoms with Crippen LogP contribution in [0, 0.1) is 5.82 Å². The zero-order valence-corrected chi connectivity index (χ0v) is 11.4. The number of esters is 1. The van der Waals surface area contributed by atoms with Crippen molar-refractivity contribution in [1.82, 2.24) is 0 Å². The molecule has 0 fully saturated rings. The van der Waals surface area contributed by atoms with Crippen molar-refractivity contribution in [3.05, 3.63) is 57.8 Å². The van der Waals surface area contributed by atoms with E-state index in [1.807, 2.05) is 0 Å². The molecule has 0 aromatic heterocycles. The van der Waals surface area contributed by atoms with Gasteiger partial charge in [-0.15, -0.1) is 0 Å². The molecule has 2 aromatic rings. The van der Waals surface area contributed by atoms with Crippen LogP contribution < -0.4 is 0 Å². The van der Waals surface area contributed by atoms with Crippen LogP contribution in [-0.4, -0.2) is 13.1 Å². The Labute approximate surface area is 119 Å². The fourth-order valence-electron chi connectivity index (χ4n) is 1.68. The Morgan fingerprint density at radius 2 is 1.89 bits per heavy atom. The second-order valence-electron chi connectivity index (χ2n) is 3.81. The fraction of sp³-hybridized carbons (Fsp3) is 0.0714. The van der Waals surface area contributed by atoms with Gasteiger partial charge in [0.2, 0.25) is 0 Å². The van der Waals surface area contributed by atoms with Gasteiger partial charge in [0.05, 0.1) is 12.7 Å². The molecule has 0 saturated carbocycles. The van der Waals surface area contributed by atoms with Gasteiger partial charge in [-0.1, -0.05) is 29.3 Å². The number of carbonyl (C=O) groups is 1. The molecule has 5 heteroatoms. The molecule has 0 bridgehead atoms.